The van der Waals surface area contributed by atoms with Crippen molar-refractivity contribution in [2.45, 2.75) is 9.99 Å². The zero-order chi connectivity index (χ0) is 17.6. The molecule has 0 bridgehead atoms. The highest BCUT2D eigenvalue weighted by atomic mass is 79.9. The van der Waals surface area contributed by atoms with Crippen molar-refractivity contribution in [3.63, 3.8) is 0 Å². The van der Waals surface area contributed by atoms with Gasteiger partial charge in [-0.05, 0) is 60.7 Å². The predicted molar refractivity (Wildman–Crippen MR) is 103 cm³/mol. The molecule has 1 aromatic heterocycles. The summed E-state index contributed by atoms with van der Waals surface area (Å²) < 4.78 is 6.56. The lowest BCUT2D eigenvalue weighted by atomic mass is 10.2. The van der Waals surface area contributed by atoms with Gasteiger partial charge in [0.1, 0.15) is 5.76 Å². The number of halogens is 2. The highest BCUT2D eigenvalue weighted by Crippen LogP contribution is 2.29. The van der Waals surface area contributed by atoms with Gasteiger partial charge in [0.05, 0.1) is 6.21 Å². The summed E-state index contributed by atoms with van der Waals surface area (Å²) in [5.41, 5.74) is 2.99. The van der Waals surface area contributed by atoms with Gasteiger partial charge in [0.25, 0.3) is 5.91 Å². The third-order valence-electron chi connectivity index (χ3n) is 3.10. The maximum Gasteiger partial charge on any atom is 0.271 e. The van der Waals surface area contributed by atoms with Crippen molar-refractivity contribution in [2.24, 2.45) is 5.10 Å². The minimum Gasteiger partial charge on any atom is -0.448 e. The number of benzene rings is 2. The monoisotopic (exact) mass is 434 g/mol. The molecule has 7 heteroatoms. The lowest BCUT2D eigenvalue weighted by Gasteiger charge is -1.99. The van der Waals surface area contributed by atoms with Crippen molar-refractivity contribution in [1.82, 2.24) is 5.43 Å². The van der Waals surface area contributed by atoms with Crippen LogP contribution in [-0.2, 0) is 0 Å². The summed E-state index contributed by atoms with van der Waals surface area (Å²) in [6.07, 6.45) is 1.46. The molecule has 4 nitrogen and oxygen atoms in total. The Bertz CT molecular complexity index is 892. The molecule has 0 atom stereocenters. The van der Waals surface area contributed by atoms with Gasteiger partial charge < -0.3 is 4.42 Å². The van der Waals surface area contributed by atoms with Gasteiger partial charge in [-0.25, -0.2) is 5.43 Å². The maximum absolute atomic E-state index is 11.9. The number of hydrogen-bond donors (Lipinski definition) is 1. The fraction of sp³-hybridized carbons (Fsp3) is 0. The molecule has 0 spiro atoms. The molecule has 1 amide bonds. The molecule has 126 valence electrons. The molecule has 1 N–H and O–H groups in total. The molecule has 0 aliphatic heterocycles. The van der Waals surface area contributed by atoms with Gasteiger partial charge in [0, 0.05) is 20.0 Å². The topological polar surface area (TPSA) is 54.6 Å². The Hall–Kier alpha value is -2.02. The number of hydrogen-bond acceptors (Lipinski definition) is 4. The van der Waals surface area contributed by atoms with Gasteiger partial charge in [-0.3, -0.25) is 4.79 Å². The Morgan fingerprint density at radius 1 is 1.08 bits per heavy atom. The molecule has 0 radical (unpaired) electrons. The number of carbonyl (C=O) groups excluding carboxylic acids is 1. The zero-order valence-electron chi connectivity index (χ0n) is 12.8. The molecule has 0 aliphatic carbocycles. The summed E-state index contributed by atoms with van der Waals surface area (Å²) in [5.74, 6) is 0.263. The number of furan rings is 1. The minimum absolute atomic E-state index is 0.286. The Morgan fingerprint density at radius 3 is 2.52 bits per heavy atom. The van der Waals surface area contributed by atoms with Crippen LogP contribution >= 0.6 is 39.3 Å². The van der Waals surface area contributed by atoms with Crippen LogP contribution in [0.1, 0.15) is 16.1 Å². The first kappa shape index (κ1) is 17.8. The maximum atomic E-state index is 11.9. The van der Waals surface area contributed by atoms with Crippen molar-refractivity contribution in [2.75, 3.05) is 0 Å². The first-order chi connectivity index (χ1) is 12.1. The third kappa shape index (κ3) is 5.22. The quantitative estimate of drug-likeness (QED) is 0.418. The number of hydrazone groups is 1. The highest BCUT2D eigenvalue weighted by molar-refractivity contribution is 9.10. The van der Waals surface area contributed by atoms with Crippen molar-refractivity contribution < 1.29 is 9.21 Å². The zero-order valence-corrected chi connectivity index (χ0v) is 15.9. The molecule has 0 saturated carbocycles. The number of rotatable bonds is 5. The molecule has 0 aliphatic rings. The lowest BCUT2D eigenvalue weighted by Crippen LogP contribution is -2.17. The molecule has 0 fully saturated rings. The van der Waals surface area contributed by atoms with Gasteiger partial charge in [-0.1, -0.05) is 39.3 Å². The van der Waals surface area contributed by atoms with Gasteiger partial charge in [-0.2, -0.15) is 5.10 Å². The average molecular weight is 436 g/mol. The standard InChI is InChI=1S/C18H12BrClN2O2S/c19-13-3-1-12(2-4-13)18(23)22-21-11-15-7-10-17(24-15)25-16-8-5-14(20)6-9-16/h1-11H,(H,22,23)/b21-11+. The van der Waals surface area contributed by atoms with E-state index < -0.39 is 0 Å². The summed E-state index contributed by atoms with van der Waals surface area (Å²) in [7, 11) is 0. The molecule has 2 aromatic carbocycles. The van der Waals surface area contributed by atoms with E-state index in [0.29, 0.717) is 16.3 Å². The largest absolute Gasteiger partial charge is 0.448 e. The highest BCUT2D eigenvalue weighted by Gasteiger charge is 2.05. The van der Waals surface area contributed by atoms with Gasteiger partial charge in [0.15, 0.2) is 5.09 Å². The van der Waals surface area contributed by atoms with Crippen molar-refractivity contribution in [3.8, 4) is 0 Å². The smallest absolute Gasteiger partial charge is 0.271 e. The Kier molecular flexibility index (Phi) is 5.96. The number of nitrogens with one attached hydrogen (secondary N) is 1. The van der Waals surface area contributed by atoms with Crippen LogP contribution in [0.3, 0.4) is 0 Å². The Labute approximate surface area is 162 Å². The molecular weight excluding hydrogens is 424 g/mol. The SMILES string of the molecule is O=C(N/N=C/c1ccc(Sc2ccc(Cl)cc2)o1)c1ccc(Br)cc1. The van der Waals surface area contributed by atoms with Crippen LogP contribution < -0.4 is 5.43 Å². The van der Waals surface area contributed by atoms with Crippen molar-refractivity contribution in [1.29, 1.82) is 0 Å². The lowest BCUT2D eigenvalue weighted by molar-refractivity contribution is 0.0955. The van der Waals surface area contributed by atoms with E-state index in [9.17, 15) is 4.79 Å². The Balaban J connectivity index is 1.57. The summed E-state index contributed by atoms with van der Waals surface area (Å²) in [6.45, 7) is 0. The summed E-state index contributed by atoms with van der Waals surface area (Å²) >= 11 is 10.7. The summed E-state index contributed by atoms with van der Waals surface area (Å²) in [5, 5.41) is 5.33. The van der Waals surface area contributed by atoms with E-state index in [-0.39, 0.29) is 5.91 Å². The van der Waals surface area contributed by atoms with Crippen LogP contribution in [0, 0.1) is 0 Å². The van der Waals surface area contributed by atoms with E-state index >= 15 is 0 Å². The fourth-order valence-electron chi connectivity index (χ4n) is 1.90. The fourth-order valence-corrected chi connectivity index (χ4v) is 3.07. The van der Waals surface area contributed by atoms with E-state index in [1.54, 1.807) is 30.3 Å². The van der Waals surface area contributed by atoms with Crippen molar-refractivity contribution >= 4 is 51.4 Å². The first-order valence-electron chi connectivity index (χ1n) is 7.22. The molecule has 25 heavy (non-hydrogen) atoms. The van der Waals surface area contributed by atoms with Crippen LogP contribution in [0.25, 0.3) is 0 Å². The van der Waals surface area contributed by atoms with Crippen LogP contribution in [0.15, 0.2) is 84.6 Å². The molecular formula is C18H12BrClN2O2S. The second-order valence-corrected chi connectivity index (χ2v) is 7.35. The molecule has 0 unspecified atom stereocenters. The van der Waals surface area contributed by atoms with E-state index in [0.717, 1.165) is 14.5 Å². The normalized spacial score (nSPS) is 11.0. The van der Waals surface area contributed by atoms with E-state index in [4.69, 9.17) is 16.0 Å². The van der Waals surface area contributed by atoms with Crippen LogP contribution in [0.5, 0.6) is 0 Å². The predicted octanol–water partition coefficient (Wildman–Crippen LogP) is 5.61. The van der Waals surface area contributed by atoms with Crippen LogP contribution in [-0.4, -0.2) is 12.1 Å². The number of nitrogens with zero attached hydrogens (tertiary/aromatic N) is 1. The first-order valence-corrected chi connectivity index (χ1v) is 9.21. The molecule has 0 saturated heterocycles. The second kappa shape index (κ2) is 8.38. The minimum atomic E-state index is -0.286. The van der Waals surface area contributed by atoms with E-state index in [2.05, 4.69) is 26.5 Å². The van der Waals surface area contributed by atoms with Crippen molar-refractivity contribution in [3.05, 3.63) is 81.5 Å². The van der Waals surface area contributed by atoms with E-state index in [1.807, 2.05) is 30.3 Å². The molecule has 1 heterocycles. The number of carbonyl (C=O) groups is 1. The third-order valence-corrected chi connectivity index (χ3v) is 4.81. The average Bonchev–Trinajstić information content (AvgIpc) is 3.05. The molecule has 3 aromatic rings. The summed E-state index contributed by atoms with van der Waals surface area (Å²) in [4.78, 5) is 13.0. The molecule has 3 rings (SSSR count). The summed E-state index contributed by atoms with van der Waals surface area (Å²) in [6, 6.07) is 18.1. The Morgan fingerprint density at radius 2 is 1.80 bits per heavy atom. The van der Waals surface area contributed by atoms with Crippen LogP contribution in [0.4, 0.5) is 0 Å². The van der Waals surface area contributed by atoms with E-state index in [1.165, 1.54) is 18.0 Å². The number of amides is 1. The van der Waals surface area contributed by atoms with Gasteiger partial charge in [0.2, 0.25) is 0 Å². The second-order valence-electron chi connectivity index (χ2n) is 4.92. The van der Waals surface area contributed by atoms with Gasteiger partial charge in [-0.15, -0.1) is 0 Å². The van der Waals surface area contributed by atoms with Gasteiger partial charge >= 0.3 is 0 Å². The van der Waals surface area contributed by atoms with Crippen LogP contribution in [0.2, 0.25) is 5.02 Å².